The first-order chi connectivity index (χ1) is 9.08. The number of nitrogens with zero attached hydrogens (tertiary/aromatic N) is 1. The van der Waals surface area contributed by atoms with Gasteiger partial charge in [0.2, 0.25) is 11.8 Å². The quantitative estimate of drug-likeness (QED) is 0.856. The van der Waals surface area contributed by atoms with Gasteiger partial charge < -0.3 is 10.2 Å². The molecule has 102 valence electrons. The molecule has 1 fully saturated rings. The lowest BCUT2D eigenvalue weighted by Crippen LogP contribution is -2.54. The van der Waals surface area contributed by atoms with Crippen LogP contribution in [-0.4, -0.2) is 28.8 Å². The molecule has 0 aliphatic carbocycles. The molecule has 4 nitrogen and oxygen atoms in total. The third-order valence-corrected chi connectivity index (χ3v) is 4.34. The second-order valence-corrected chi connectivity index (χ2v) is 5.67. The molecule has 0 saturated carbocycles. The monoisotopic (exact) mass is 278 g/mol. The van der Waals surface area contributed by atoms with E-state index in [1.807, 2.05) is 23.8 Å². The minimum absolute atomic E-state index is 0.0913. The van der Waals surface area contributed by atoms with Crippen molar-refractivity contribution < 1.29 is 9.59 Å². The smallest absolute Gasteiger partial charge is 0.246 e. The van der Waals surface area contributed by atoms with E-state index < -0.39 is 5.54 Å². The molecule has 0 radical (unpaired) electrons. The van der Waals surface area contributed by atoms with Gasteiger partial charge in [-0.2, -0.15) is 11.3 Å². The molecule has 19 heavy (non-hydrogen) atoms. The summed E-state index contributed by atoms with van der Waals surface area (Å²) in [6, 6.07) is 1.98. The van der Waals surface area contributed by atoms with Crippen molar-refractivity contribution in [2.45, 2.75) is 31.8 Å². The summed E-state index contributed by atoms with van der Waals surface area (Å²) in [5.41, 5.74) is 0.336. The maximum Gasteiger partial charge on any atom is 0.246 e. The van der Waals surface area contributed by atoms with Crippen molar-refractivity contribution in [2.24, 2.45) is 0 Å². The van der Waals surface area contributed by atoms with Gasteiger partial charge in [-0.3, -0.25) is 9.59 Å². The number of hydrogen-bond acceptors (Lipinski definition) is 3. The Bertz CT molecular complexity index is 484. The number of amides is 2. The summed E-state index contributed by atoms with van der Waals surface area (Å²) in [6.07, 6.45) is 2.82. The molecule has 2 heterocycles. The normalized spacial score (nSPS) is 22.3. The van der Waals surface area contributed by atoms with Crippen LogP contribution in [0.25, 0.3) is 0 Å². The molecule has 0 aromatic carbocycles. The van der Waals surface area contributed by atoms with Crippen LogP contribution in [0.2, 0.25) is 0 Å². The molecule has 1 aromatic rings. The van der Waals surface area contributed by atoms with E-state index in [9.17, 15) is 9.59 Å². The Morgan fingerprint density at radius 1 is 1.63 bits per heavy atom. The molecule has 1 saturated heterocycles. The summed E-state index contributed by atoms with van der Waals surface area (Å²) in [4.78, 5) is 25.8. The Morgan fingerprint density at radius 3 is 3.05 bits per heavy atom. The Labute approximate surface area is 117 Å². The highest BCUT2D eigenvalue weighted by molar-refractivity contribution is 7.07. The second-order valence-electron chi connectivity index (χ2n) is 4.89. The van der Waals surface area contributed by atoms with Crippen molar-refractivity contribution in [1.82, 2.24) is 10.2 Å². The van der Waals surface area contributed by atoms with Gasteiger partial charge in [-0.15, -0.1) is 0 Å². The number of carbonyl (C=O) groups excluding carboxylic acids is 2. The van der Waals surface area contributed by atoms with Crippen LogP contribution in [0, 0.1) is 0 Å². The summed E-state index contributed by atoms with van der Waals surface area (Å²) in [5, 5.41) is 6.90. The zero-order valence-corrected chi connectivity index (χ0v) is 11.8. The van der Waals surface area contributed by atoms with Crippen molar-refractivity contribution in [1.29, 1.82) is 0 Å². The van der Waals surface area contributed by atoms with Crippen molar-refractivity contribution >= 4 is 23.2 Å². The molecular weight excluding hydrogens is 260 g/mol. The van der Waals surface area contributed by atoms with Crippen molar-refractivity contribution in [3.8, 4) is 0 Å². The minimum Gasteiger partial charge on any atom is -0.350 e. The number of thiophene rings is 1. The van der Waals surface area contributed by atoms with Crippen LogP contribution < -0.4 is 5.32 Å². The van der Waals surface area contributed by atoms with E-state index in [1.54, 1.807) is 16.2 Å². The summed E-state index contributed by atoms with van der Waals surface area (Å²) in [7, 11) is 0. The number of carbonyl (C=O) groups is 2. The average Bonchev–Trinajstić information content (AvgIpc) is 3.05. The summed E-state index contributed by atoms with van der Waals surface area (Å²) >= 11 is 1.60. The van der Waals surface area contributed by atoms with Gasteiger partial charge in [-0.05, 0) is 48.2 Å². The zero-order chi connectivity index (χ0) is 13.9. The number of nitrogens with one attached hydrogen (secondary N) is 1. The van der Waals surface area contributed by atoms with E-state index in [4.69, 9.17) is 0 Å². The third-order valence-electron chi connectivity index (χ3n) is 3.60. The molecule has 1 N–H and O–H groups in total. The standard InChI is InChI=1S/C14H18N2O2S/c1-3-12(17)16-7-4-6-14(16,2)13(18)15-9-11-5-8-19-10-11/h3,5,8,10H,1,4,6-7,9H2,2H3,(H,15,18). The van der Waals surface area contributed by atoms with Crippen molar-refractivity contribution in [2.75, 3.05) is 6.54 Å². The molecule has 1 aliphatic heterocycles. The van der Waals surface area contributed by atoms with E-state index in [-0.39, 0.29) is 11.8 Å². The predicted molar refractivity (Wildman–Crippen MR) is 75.7 cm³/mol. The largest absolute Gasteiger partial charge is 0.350 e. The molecule has 0 bridgehead atoms. The van der Waals surface area contributed by atoms with Crippen LogP contribution in [0.4, 0.5) is 0 Å². The van der Waals surface area contributed by atoms with Crippen LogP contribution in [0.5, 0.6) is 0 Å². The lowest BCUT2D eigenvalue weighted by molar-refractivity contribution is -0.141. The molecule has 0 spiro atoms. The first-order valence-electron chi connectivity index (χ1n) is 6.31. The number of hydrogen-bond donors (Lipinski definition) is 1. The van der Waals surface area contributed by atoms with E-state index in [1.165, 1.54) is 6.08 Å². The highest BCUT2D eigenvalue weighted by Crippen LogP contribution is 2.29. The number of likely N-dealkylation sites (tertiary alicyclic amines) is 1. The molecule has 1 unspecified atom stereocenters. The van der Waals surface area contributed by atoms with Gasteiger partial charge in [-0.25, -0.2) is 0 Å². The van der Waals surface area contributed by atoms with E-state index >= 15 is 0 Å². The Balaban J connectivity index is 2.03. The Kier molecular flexibility index (Phi) is 4.04. The maximum absolute atomic E-state index is 12.4. The van der Waals surface area contributed by atoms with E-state index in [2.05, 4.69) is 11.9 Å². The molecule has 1 aliphatic rings. The van der Waals surface area contributed by atoms with Gasteiger partial charge in [0.05, 0.1) is 0 Å². The van der Waals surface area contributed by atoms with Gasteiger partial charge in [0, 0.05) is 13.1 Å². The van der Waals surface area contributed by atoms with Crippen LogP contribution in [-0.2, 0) is 16.1 Å². The maximum atomic E-state index is 12.4. The fourth-order valence-electron chi connectivity index (χ4n) is 2.43. The van der Waals surface area contributed by atoms with Crippen LogP contribution in [0.1, 0.15) is 25.3 Å². The summed E-state index contributed by atoms with van der Waals surface area (Å²) in [6.45, 7) is 6.45. The summed E-state index contributed by atoms with van der Waals surface area (Å²) < 4.78 is 0. The van der Waals surface area contributed by atoms with Gasteiger partial charge in [-0.1, -0.05) is 6.58 Å². The van der Waals surface area contributed by atoms with Crippen LogP contribution >= 0.6 is 11.3 Å². The van der Waals surface area contributed by atoms with Gasteiger partial charge >= 0.3 is 0 Å². The Morgan fingerprint density at radius 2 is 2.42 bits per heavy atom. The summed E-state index contributed by atoms with van der Waals surface area (Å²) in [5.74, 6) is -0.267. The zero-order valence-electron chi connectivity index (χ0n) is 11.0. The molecule has 2 rings (SSSR count). The highest BCUT2D eigenvalue weighted by Gasteiger charge is 2.44. The lowest BCUT2D eigenvalue weighted by atomic mass is 9.97. The average molecular weight is 278 g/mol. The second kappa shape index (κ2) is 5.57. The first-order valence-corrected chi connectivity index (χ1v) is 7.25. The van der Waals surface area contributed by atoms with E-state index in [0.29, 0.717) is 19.5 Å². The molecule has 5 heteroatoms. The highest BCUT2D eigenvalue weighted by atomic mass is 32.1. The number of rotatable bonds is 4. The minimum atomic E-state index is -0.749. The van der Waals surface area contributed by atoms with Gasteiger partial charge in [0.1, 0.15) is 5.54 Å². The Hall–Kier alpha value is -1.62. The molecule has 1 atom stereocenters. The van der Waals surface area contributed by atoms with E-state index in [0.717, 1.165) is 12.0 Å². The fourth-order valence-corrected chi connectivity index (χ4v) is 3.10. The first kappa shape index (κ1) is 13.8. The van der Waals surface area contributed by atoms with Crippen LogP contribution in [0.3, 0.4) is 0 Å². The SMILES string of the molecule is C=CC(=O)N1CCCC1(C)C(=O)NCc1ccsc1. The van der Waals surface area contributed by atoms with Crippen molar-refractivity contribution in [3.63, 3.8) is 0 Å². The predicted octanol–water partition coefficient (Wildman–Crippen LogP) is 1.93. The molecular formula is C14H18N2O2S. The van der Waals surface area contributed by atoms with Gasteiger partial charge in [0.15, 0.2) is 0 Å². The van der Waals surface area contributed by atoms with Crippen LogP contribution in [0.15, 0.2) is 29.5 Å². The van der Waals surface area contributed by atoms with Gasteiger partial charge in [0.25, 0.3) is 0 Å². The third kappa shape index (κ3) is 2.71. The fraction of sp³-hybridized carbons (Fsp3) is 0.429. The topological polar surface area (TPSA) is 49.4 Å². The molecule has 1 aromatic heterocycles. The molecule has 2 amide bonds. The lowest BCUT2D eigenvalue weighted by Gasteiger charge is -2.33. The van der Waals surface area contributed by atoms with Crippen molar-refractivity contribution in [3.05, 3.63) is 35.0 Å².